The fraction of sp³-hybridized carbons (Fsp3) is 0.200. The number of hydrogen-bond donors (Lipinski definition) is 0. The van der Waals surface area contributed by atoms with Gasteiger partial charge < -0.3 is 4.74 Å². The zero-order valence-corrected chi connectivity index (χ0v) is 20.6. The molecule has 0 saturated heterocycles. The van der Waals surface area contributed by atoms with Crippen LogP contribution < -0.4 is 9.21 Å². The number of sulfonamides is 1. The van der Waals surface area contributed by atoms with E-state index in [1.165, 1.54) is 32.7 Å². The maximum atomic E-state index is 13.5. The zero-order chi connectivity index (χ0) is 24.1. The van der Waals surface area contributed by atoms with Gasteiger partial charge in [-0.2, -0.15) is 0 Å². The van der Waals surface area contributed by atoms with Gasteiger partial charge in [0.2, 0.25) is 0 Å². The van der Waals surface area contributed by atoms with Crippen LogP contribution in [0.3, 0.4) is 0 Å². The number of benzene rings is 3. The van der Waals surface area contributed by atoms with Gasteiger partial charge in [0.05, 0.1) is 34.0 Å². The predicted octanol–water partition coefficient (Wildman–Crippen LogP) is 4.80. The number of para-hydroxylation sites is 2. The van der Waals surface area contributed by atoms with Crippen LogP contribution in [0.5, 0.6) is 0 Å². The first-order valence-electron chi connectivity index (χ1n) is 10.8. The molecule has 0 bridgehead atoms. The first kappa shape index (κ1) is 23.9. The van der Waals surface area contributed by atoms with E-state index in [9.17, 15) is 13.2 Å². The molecule has 34 heavy (non-hydrogen) atoms. The van der Waals surface area contributed by atoms with Crippen molar-refractivity contribution in [2.24, 2.45) is 0 Å². The zero-order valence-electron chi connectivity index (χ0n) is 18.9. The molecule has 0 aliphatic carbocycles. The van der Waals surface area contributed by atoms with Crippen LogP contribution in [0.4, 0.5) is 10.8 Å². The lowest BCUT2D eigenvalue weighted by Crippen LogP contribution is -2.34. The summed E-state index contributed by atoms with van der Waals surface area (Å²) in [6.07, 6.45) is 0. The summed E-state index contributed by atoms with van der Waals surface area (Å²) in [7, 11) is -2.30. The van der Waals surface area contributed by atoms with E-state index in [0.29, 0.717) is 17.4 Å². The Hall–Kier alpha value is -3.27. The number of carbonyl (C=O) groups is 1. The number of hydrogen-bond acceptors (Lipinski definition) is 6. The Morgan fingerprint density at radius 2 is 1.74 bits per heavy atom. The fourth-order valence-electron chi connectivity index (χ4n) is 3.60. The third-order valence-electron chi connectivity index (χ3n) is 5.28. The van der Waals surface area contributed by atoms with E-state index < -0.39 is 10.0 Å². The van der Waals surface area contributed by atoms with Crippen molar-refractivity contribution in [3.63, 3.8) is 0 Å². The maximum Gasteiger partial charge on any atom is 0.264 e. The summed E-state index contributed by atoms with van der Waals surface area (Å²) in [4.78, 5) is 19.7. The molecule has 0 aliphatic rings. The summed E-state index contributed by atoms with van der Waals surface area (Å²) < 4.78 is 34.4. The van der Waals surface area contributed by atoms with Crippen LogP contribution in [-0.2, 0) is 14.8 Å². The van der Waals surface area contributed by atoms with Crippen molar-refractivity contribution in [3.8, 4) is 0 Å². The smallest absolute Gasteiger partial charge is 0.264 e. The lowest BCUT2D eigenvalue weighted by molar-refractivity contribution is 0.0975. The van der Waals surface area contributed by atoms with Crippen molar-refractivity contribution >= 4 is 48.3 Å². The van der Waals surface area contributed by atoms with Gasteiger partial charge in [-0.1, -0.05) is 47.7 Å². The number of aromatic nitrogens is 1. The first-order valence-corrected chi connectivity index (χ1v) is 13.1. The summed E-state index contributed by atoms with van der Waals surface area (Å²) in [6.45, 7) is 2.64. The topological polar surface area (TPSA) is 79.8 Å². The molecule has 1 aromatic heterocycles. The van der Waals surface area contributed by atoms with Gasteiger partial charge in [0.15, 0.2) is 5.13 Å². The summed E-state index contributed by atoms with van der Waals surface area (Å²) in [5, 5.41) is 0.538. The molecular formula is C25H25N3O4S2. The van der Waals surface area contributed by atoms with Gasteiger partial charge in [-0.05, 0) is 49.4 Å². The predicted molar refractivity (Wildman–Crippen MR) is 136 cm³/mol. The van der Waals surface area contributed by atoms with Crippen molar-refractivity contribution in [1.29, 1.82) is 0 Å². The van der Waals surface area contributed by atoms with Gasteiger partial charge in [0.1, 0.15) is 0 Å². The van der Waals surface area contributed by atoms with Crippen LogP contribution >= 0.6 is 11.3 Å². The Morgan fingerprint density at radius 1 is 1.00 bits per heavy atom. The van der Waals surface area contributed by atoms with E-state index in [1.54, 1.807) is 50.4 Å². The Bertz CT molecular complexity index is 1350. The molecule has 9 heteroatoms. The average molecular weight is 496 g/mol. The monoisotopic (exact) mass is 495 g/mol. The Kier molecular flexibility index (Phi) is 7.26. The molecule has 0 N–H and O–H groups in total. The maximum absolute atomic E-state index is 13.5. The molecule has 1 amide bonds. The molecule has 4 rings (SSSR count). The largest absolute Gasteiger partial charge is 0.383 e. The average Bonchev–Trinajstić information content (AvgIpc) is 3.29. The van der Waals surface area contributed by atoms with Crippen LogP contribution in [0.1, 0.15) is 17.3 Å². The van der Waals surface area contributed by atoms with Crippen molar-refractivity contribution < 1.29 is 17.9 Å². The molecule has 1 heterocycles. The second-order valence-corrected chi connectivity index (χ2v) is 10.3. The highest BCUT2D eigenvalue weighted by atomic mass is 32.2. The van der Waals surface area contributed by atoms with Crippen LogP contribution in [0.15, 0.2) is 83.8 Å². The van der Waals surface area contributed by atoms with Gasteiger partial charge >= 0.3 is 0 Å². The lowest BCUT2D eigenvalue weighted by Gasteiger charge is -2.23. The number of anilines is 2. The van der Waals surface area contributed by atoms with E-state index in [1.807, 2.05) is 30.3 Å². The number of nitrogens with zero attached hydrogens (tertiary/aromatic N) is 3. The standard InChI is InChI=1S/C25H25N3O4S2/c1-3-28(20-11-5-4-6-12-20)34(30,31)21-13-9-10-19(18-21)24(29)27(16-17-32-2)25-26-22-14-7-8-15-23(22)33-25/h4-15,18H,3,16-17H2,1-2H3. The van der Waals surface area contributed by atoms with Crippen LogP contribution in [0.2, 0.25) is 0 Å². The molecule has 176 valence electrons. The van der Waals surface area contributed by atoms with E-state index in [2.05, 4.69) is 4.98 Å². The highest BCUT2D eigenvalue weighted by Crippen LogP contribution is 2.30. The number of ether oxygens (including phenoxy) is 1. The molecule has 0 spiro atoms. The molecule has 0 fully saturated rings. The summed E-state index contributed by atoms with van der Waals surface area (Å²) in [5.74, 6) is -0.337. The Balaban J connectivity index is 1.70. The van der Waals surface area contributed by atoms with Crippen LogP contribution in [0.25, 0.3) is 10.2 Å². The highest BCUT2D eigenvalue weighted by Gasteiger charge is 2.26. The molecule has 7 nitrogen and oxygen atoms in total. The fourth-order valence-corrected chi connectivity index (χ4v) is 6.11. The minimum atomic E-state index is -3.86. The SMILES string of the molecule is CCN(c1ccccc1)S(=O)(=O)c1cccc(C(=O)N(CCOC)c2nc3ccccc3s2)c1. The quantitative estimate of drug-likeness (QED) is 0.333. The van der Waals surface area contributed by atoms with E-state index in [-0.39, 0.29) is 29.5 Å². The van der Waals surface area contributed by atoms with Gasteiger partial charge in [-0.3, -0.25) is 14.0 Å². The molecular weight excluding hydrogens is 470 g/mol. The molecule has 0 atom stereocenters. The van der Waals surface area contributed by atoms with Crippen LogP contribution in [0, 0.1) is 0 Å². The van der Waals surface area contributed by atoms with Crippen molar-refractivity contribution in [3.05, 3.63) is 84.4 Å². The number of fused-ring (bicyclic) bond motifs is 1. The lowest BCUT2D eigenvalue weighted by atomic mass is 10.2. The Morgan fingerprint density at radius 3 is 2.44 bits per heavy atom. The van der Waals surface area contributed by atoms with Gasteiger partial charge in [-0.25, -0.2) is 13.4 Å². The third kappa shape index (κ3) is 4.82. The number of carbonyl (C=O) groups excluding carboxylic acids is 1. The first-order chi connectivity index (χ1) is 16.5. The number of amides is 1. The second-order valence-electron chi connectivity index (χ2n) is 7.45. The van der Waals surface area contributed by atoms with E-state index in [0.717, 1.165) is 10.2 Å². The number of methoxy groups -OCH3 is 1. The molecule has 3 aromatic carbocycles. The van der Waals surface area contributed by atoms with Crippen molar-refractivity contribution in [1.82, 2.24) is 4.98 Å². The van der Waals surface area contributed by atoms with Gasteiger partial charge in [0, 0.05) is 19.2 Å². The third-order valence-corrected chi connectivity index (χ3v) is 8.24. The molecule has 0 aliphatic heterocycles. The minimum Gasteiger partial charge on any atom is -0.383 e. The molecule has 4 aromatic rings. The number of thiazole rings is 1. The minimum absolute atomic E-state index is 0.0556. The van der Waals surface area contributed by atoms with E-state index in [4.69, 9.17) is 4.74 Å². The van der Waals surface area contributed by atoms with E-state index >= 15 is 0 Å². The van der Waals surface area contributed by atoms with Crippen molar-refractivity contribution in [2.75, 3.05) is 36.0 Å². The van der Waals surface area contributed by atoms with Gasteiger partial charge in [-0.15, -0.1) is 0 Å². The highest BCUT2D eigenvalue weighted by molar-refractivity contribution is 7.92. The second kappa shape index (κ2) is 10.3. The normalized spacial score (nSPS) is 11.5. The van der Waals surface area contributed by atoms with Gasteiger partial charge in [0.25, 0.3) is 15.9 Å². The number of rotatable bonds is 9. The molecule has 0 saturated carbocycles. The summed E-state index contributed by atoms with van der Waals surface area (Å²) >= 11 is 1.41. The molecule has 0 unspecified atom stereocenters. The summed E-state index contributed by atoms with van der Waals surface area (Å²) in [5.41, 5.74) is 1.63. The summed E-state index contributed by atoms with van der Waals surface area (Å²) in [6, 6.07) is 22.7. The Labute approximate surface area is 203 Å². The molecule has 0 radical (unpaired) electrons. The van der Waals surface area contributed by atoms with Crippen LogP contribution in [-0.4, -0.2) is 46.1 Å². The van der Waals surface area contributed by atoms with Crippen molar-refractivity contribution in [2.45, 2.75) is 11.8 Å².